The molecular formula is C124H111FN4+4. The van der Waals surface area contributed by atoms with Crippen molar-refractivity contribution >= 4 is 43.1 Å². The van der Waals surface area contributed by atoms with Crippen molar-refractivity contribution in [2.45, 2.75) is 82.1 Å². The van der Waals surface area contributed by atoms with Gasteiger partial charge in [-0.15, -0.1) is 0 Å². The summed E-state index contributed by atoms with van der Waals surface area (Å²) in [7, 11) is 8.43. The first-order valence-corrected chi connectivity index (χ1v) is 44.9. The van der Waals surface area contributed by atoms with Gasteiger partial charge in [0.05, 0.1) is 32.7 Å². The molecule has 20 rings (SSSR count). The van der Waals surface area contributed by atoms with Gasteiger partial charge < -0.3 is 0 Å². The van der Waals surface area contributed by atoms with E-state index in [2.05, 4.69) is 432 Å². The number of aryl methyl sites for hydroxylation is 8. The Morgan fingerprint density at radius 3 is 0.930 bits per heavy atom. The maximum Gasteiger partial charge on any atom is 0.220 e. The Hall–Kier alpha value is -14.9. The maximum atomic E-state index is 15.0. The van der Waals surface area contributed by atoms with Gasteiger partial charge in [-0.2, -0.15) is 13.7 Å². The highest BCUT2D eigenvalue weighted by Gasteiger charge is 2.28. The molecule has 0 saturated heterocycles. The molecule has 16 aromatic carbocycles. The van der Waals surface area contributed by atoms with E-state index in [1.165, 1.54) is 183 Å². The Kier molecular flexibility index (Phi) is 24.8. The van der Waals surface area contributed by atoms with Crippen LogP contribution in [0, 0.1) is 68.1 Å². The zero-order valence-corrected chi connectivity index (χ0v) is 76.7. The van der Waals surface area contributed by atoms with E-state index in [1.807, 2.05) is 73.1 Å². The van der Waals surface area contributed by atoms with Crippen molar-refractivity contribution in [2.75, 3.05) is 0 Å². The summed E-state index contributed by atoms with van der Waals surface area (Å²) in [5.41, 5.74) is 40.8. The quantitative estimate of drug-likeness (QED) is 0.102. The van der Waals surface area contributed by atoms with E-state index in [-0.39, 0.29) is 5.82 Å². The van der Waals surface area contributed by atoms with E-state index in [0.717, 1.165) is 44.5 Å². The smallest absolute Gasteiger partial charge is 0.206 e. The molecule has 0 atom stereocenters. The first-order valence-electron chi connectivity index (χ1n) is 45.4. The van der Waals surface area contributed by atoms with Crippen LogP contribution in [0.25, 0.3) is 177 Å². The summed E-state index contributed by atoms with van der Waals surface area (Å²) in [5, 5.41) is 9.72. The minimum atomic E-state index is -0.191. The largest absolute Gasteiger partial charge is 0.220 e. The average molecular weight is 1680 g/mol. The lowest BCUT2D eigenvalue weighted by Crippen LogP contribution is -2.35. The molecule has 0 unspecified atom stereocenters. The minimum Gasteiger partial charge on any atom is -0.206 e. The van der Waals surface area contributed by atoms with E-state index in [4.69, 9.17) is 1.37 Å². The van der Waals surface area contributed by atoms with Crippen LogP contribution in [0.2, 0.25) is 0 Å². The number of rotatable bonds is 13. The first kappa shape index (κ1) is 84.9. The lowest BCUT2D eigenvalue weighted by molar-refractivity contribution is -0.665. The van der Waals surface area contributed by atoms with Crippen molar-refractivity contribution in [3.63, 3.8) is 0 Å². The van der Waals surface area contributed by atoms with Crippen molar-refractivity contribution in [1.82, 2.24) is 0 Å². The Morgan fingerprint density at radius 1 is 0.233 bits per heavy atom. The predicted molar refractivity (Wildman–Crippen MR) is 542 cm³/mol. The van der Waals surface area contributed by atoms with Gasteiger partial charge in [0.25, 0.3) is 0 Å². The van der Waals surface area contributed by atoms with Crippen LogP contribution < -0.4 is 18.3 Å². The van der Waals surface area contributed by atoms with E-state index in [1.54, 1.807) is 6.07 Å². The van der Waals surface area contributed by atoms with Crippen molar-refractivity contribution in [2.24, 2.45) is 28.2 Å². The van der Waals surface area contributed by atoms with E-state index in [0.29, 0.717) is 17.7 Å². The van der Waals surface area contributed by atoms with Gasteiger partial charge in [-0.1, -0.05) is 299 Å². The van der Waals surface area contributed by atoms with Gasteiger partial charge in [-0.25, -0.2) is 8.96 Å². The number of fused-ring (bicyclic) bond motifs is 4. The third kappa shape index (κ3) is 18.0. The van der Waals surface area contributed by atoms with E-state index in [9.17, 15) is 4.39 Å². The Bertz CT molecular complexity index is 7600. The van der Waals surface area contributed by atoms with Gasteiger partial charge in [0.2, 0.25) is 22.8 Å². The number of hydrogen-bond donors (Lipinski definition) is 0. The molecule has 0 aliphatic rings. The molecule has 4 heterocycles. The zero-order chi connectivity index (χ0) is 90.5. The third-order valence-corrected chi connectivity index (χ3v) is 26.0. The van der Waals surface area contributed by atoms with Crippen molar-refractivity contribution < 1.29 is 24.0 Å². The van der Waals surface area contributed by atoms with Crippen LogP contribution in [0.4, 0.5) is 4.39 Å². The van der Waals surface area contributed by atoms with E-state index >= 15 is 0 Å². The molecule has 0 aliphatic heterocycles. The Labute approximate surface area is 762 Å². The molecular weight excluding hydrogens is 1560 g/mol. The molecule has 4 nitrogen and oxygen atoms in total. The highest BCUT2D eigenvalue weighted by atomic mass is 19.1. The molecule has 0 saturated carbocycles. The number of pyridine rings is 4. The maximum absolute atomic E-state index is 15.0. The molecule has 0 bridgehead atoms. The van der Waals surface area contributed by atoms with Crippen molar-refractivity contribution in [3.05, 3.63) is 456 Å². The number of nitrogens with zero attached hydrogens (tertiary/aromatic N) is 4. The monoisotopic (exact) mass is 1680 g/mol. The van der Waals surface area contributed by atoms with Gasteiger partial charge in [0, 0.05) is 61.7 Å². The van der Waals surface area contributed by atoms with Crippen molar-refractivity contribution in [1.29, 1.82) is 0 Å². The second kappa shape index (κ2) is 37.7. The average Bonchev–Trinajstić information content (AvgIpc) is 0.765. The number of aromatic nitrogens is 4. The van der Waals surface area contributed by atoms with Gasteiger partial charge in [0.1, 0.15) is 35.4 Å². The summed E-state index contributed by atoms with van der Waals surface area (Å²) in [4.78, 5) is 0. The highest BCUT2D eigenvalue weighted by Crippen LogP contribution is 2.42. The summed E-state index contributed by atoms with van der Waals surface area (Å²) >= 11 is 0. The van der Waals surface area contributed by atoms with Gasteiger partial charge in [-0.05, 0) is 270 Å². The van der Waals surface area contributed by atoms with Crippen LogP contribution in [-0.4, -0.2) is 0 Å². The summed E-state index contributed by atoms with van der Waals surface area (Å²) < 4.78 is 32.6. The minimum absolute atomic E-state index is 0.191. The van der Waals surface area contributed by atoms with Crippen LogP contribution in [0.15, 0.2) is 394 Å². The topological polar surface area (TPSA) is 15.5 Å². The van der Waals surface area contributed by atoms with Crippen LogP contribution in [0.5, 0.6) is 0 Å². The Morgan fingerprint density at radius 2 is 0.550 bits per heavy atom. The molecule has 0 aliphatic carbocycles. The van der Waals surface area contributed by atoms with Gasteiger partial charge in [0.15, 0.2) is 23.3 Å². The molecule has 0 fully saturated rings. The molecule has 5 heteroatoms. The Balaban J connectivity index is 0.000000122. The van der Waals surface area contributed by atoms with E-state index < -0.39 is 0 Å². The van der Waals surface area contributed by atoms with Crippen LogP contribution in [-0.2, 0) is 28.2 Å². The molecule has 129 heavy (non-hydrogen) atoms. The van der Waals surface area contributed by atoms with Crippen LogP contribution in [0.3, 0.4) is 0 Å². The number of hydrogen-bond acceptors (Lipinski definition) is 0. The molecule has 0 N–H and O–H groups in total. The van der Waals surface area contributed by atoms with Crippen LogP contribution >= 0.6 is 0 Å². The summed E-state index contributed by atoms with van der Waals surface area (Å²) in [6.07, 6.45) is 0.503. The highest BCUT2D eigenvalue weighted by molar-refractivity contribution is 6.01. The van der Waals surface area contributed by atoms with Crippen LogP contribution in [0.1, 0.15) is 77.2 Å². The standard InChI is InChI=1S/2C32H30N.C30H25FN.C30H26N/c1-21-10-9-11-22(2)31(21)27-15-16-29(23(3)18-27)32-30-17-14-26(25-12-7-6-8-13-25)20-28(30)19-24(4)33(32)5;1-22(2)30-20-28(25-13-9-6-10-14-25)21-31(23(30)3)32-29-16-15-26(24-11-7-5-8-12-24)19-27(29)17-18-33(32)4;1-20-16-29(31)28(23-12-8-5-9-13-23)19-27(20)30-26-15-14-24(22-10-6-4-7-11-22)18-25(26)17-21(2)32(30)3;1-21-18-25(23-10-6-4-7-11-23)14-16-28(21)30-29-17-15-26(24-12-8-5-9-13-24)20-27(29)19-22(2)31(30)3/h6-20H,1-5H3;5-22H,1-4H3;4-19H,1-3H3;4-20H,1-3H3/q4*+1/i;18D;;. The summed E-state index contributed by atoms with van der Waals surface area (Å²) in [6.45, 7) is 24.1. The molecule has 0 spiro atoms. The fraction of sp³-hybridized carbons (Fsp3) is 0.129. The fourth-order valence-corrected chi connectivity index (χ4v) is 18.8. The molecule has 4 aromatic heterocycles. The van der Waals surface area contributed by atoms with Gasteiger partial charge in [-0.3, -0.25) is 0 Å². The first-order chi connectivity index (χ1) is 63.0. The summed E-state index contributed by atoms with van der Waals surface area (Å²) in [5.74, 6) is 0.214. The lowest BCUT2D eigenvalue weighted by Gasteiger charge is -2.17. The second-order valence-corrected chi connectivity index (χ2v) is 34.9. The molecule has 0 radical (unpaired) electrons. The normalized spacial score (nSPS) is 11.3. The number of benzene rings is 16. The van der Waals surface area contributed by atoms with Gasteiger partial charge >= 0.3 is 0 Å². The molecule has 630 valence electrons. The van der Waals surface area contributed by atoms with Crippen molar-refractivity contribution in [3.8, 4) is 134 Å². The summed E-state index contributed by atoms with van der Waals surface area (Å²) in [6, 6.07) is 137. The predicted octanol–water partition coefficient (Wildman–Crippen LogP) is 30.7. The fourth-order valence-electron chi connectivity index (χ4n) is 18.8. The zero-order valence-electron chi connectivity index (χ0n) is 77.7. The number of halogens is 1. The third-order valence-electron chi connectivity index (χ3n) is 26.0. The SMILES string of the molecule is Cc1cc(-c2c(C)cccc2C)ccc1-c1c2ccc(-c3ccccc3)cc2cc(C)[n+]1C.Cc1cc(-c2ccccc2)ccc1-c1c2ccc(-c3ccccc3)cc2cc(C)[n+]1C.Cc1cc(F)c(-c2ccccc2)cc1-c1c2ccc(-c3ccccc3)cc2cc(C)[n+]1C.[2H]c1cc2cc(-c3ccccc3)ccc2c(-c2cc(-c3ccccc3)cc(C(C)C)c2C)[n+]1C. The second-order valence-electron chi connectivity index (χ2n) is 34.9. The molecule has 20 aromatic rings. The lowest BCUT2D eigenvalue weighted by atomic mass is 9.87. The molecule has 0 amide bonds.